The number of fused-ring (bicyclic) bond motifs is 1. The molecule has 1 aliphatic rings. The highest BCUT2D eigenvalue weighted by Crippen LogP contribution is 2.31. The van der Waals surface area contributed by atoms with Crippen molar-refractivity contribution in [1.29, 1.82) is 0 Å². The summed E-state index contributed by atoms with van der Waals surface area (Å²) in [5.41, 5.74) is 4.91. The molecule has 0 saturated heterocycles. The van der Waals surface area contributed by atoms with Crippen molar-refractivity contribution < 1.29 is 19.1 Å². The standard InChI is InChI=1S/C29H33N3O4/c1-5-19(2)30-29(34)25-16-22(31-28(33)24-12-11-23(35-3)17-27(24)36-4)10-13-26(25)32-15-14-20-8-6-7-9-21(20)18-32/h6-13,16-17,19H,5,14-15,18H2,1-4H3,(H,30,34)(H,31,33). The summed E-state index contributed by atoms with van der Waals surface area (Å²) in [6.45, 7) is 5.56. The zero-order chi connectivity index (χ0) is 25.7. The van der Waals surface area contributed by atoms with Crippen molar-refractivity contribution in [3.8, 4) is 11.5 Å². The number of nitrogens with one attached hydrogen (secondary N) is 2. The van der Waals surface area contributed by atoms with E-state index in [1.807, 2.05) is 32.0 Å². The van der Waals surface area contributed by atoms with Gasteiger partial charge >= 0.3 is 0 Å². The molecule has 0 bridgehead atoms. The summed E-state index contributed by atoms with van der Waals surface area (Å²) in [6, 6.07) is 19.0. The summed E-state index contributed by atoms with van der Waals surface area (Å²) < 4.78 is 10.6. The molecule has 0 saturated carbocycles. The van der Waals surface area contributed by atoms with Gasteiger partial charge in [-0.15, -0.1) is 0 Å². The largest absolute Gasteiger partial charge is 0.497 e. The highest BCUT2D eigenvalue weighted by molar-refractivity contribution is 6.08. The summed E-state index contributed by atoms with van der Waals surface area (Å²) in [5.74, 6) is 0.517. The number of nitrogens with zero attached hydrogens (tertiary/aromatic N) is 1. The second kappa shape index (κ2) is 11.2. The third-order valence-electron chi connectivity index (χ3n) is 6.61. The molecular formula is C29H33N3O4. The minimum Gasteiger partial charge on any atom is -0.497 e. The summed E-state index contributed by atoms with van der Waals surface area (Å²) >= 11 is 0. The normalized spacial score (nSPS) is 13.4. The van der Waals surface area contributed by atoms with Gasteiger partial charge in [0.15, 0.2) is 0 Å². The van der Waals surface area contributed by atoms with E-state index in [0.717, 1.165) is 31.6 Å². The molecule has 2 N–H and O–H groups in total. The number of carbonyl (C=O) groups excluding carboxylic acids is 2. The van der Waals surface area contributed by atoms with Gasteiger partial charge in [0.1, 0.15) is 11.5 Å². The van der Waals surface area contributed by atoms with Gasteiger partial charge in [-0.3, -0.25) is 9.59 Å². The van der Waals surface area contributed by atoms with Crippen LogP contribution in [0.4, 0.5) is 11.4 Å². The molecule has 36 heavy (non-hydrogen) atoms. The fourth-order valence-electron chi connectivity index (χ4n) is 4.36. The van der Waals surface area contributed by atoms with Crippen molar-refractivity contribution in [3.05, 3.63) is 82.9 Å². The van der Waals surface area contributed by atoms with E-state index in [4.69, 9.17) is 9.47 Å². The van der Waals surface area contributed by atoms with Gasteiger partial charge in [0.25, 0.3) is 11.8 Å². The number of hydrogen-bond donors (Lipinski definition) is 2. The molecule has 4 rings (SSSR count). The lowest BCUT2D eigenvalue weighted by Crippen LogP contribution is -2.35. The fourth-order valence-corrected chi connectivity index (χ4v) is 4.36. The van der Waals surface area contributed by atoms with E-state index < -0.39 is 0 Å². The van der Waals surface area contributed by atoms with Crippen LogP contribution in [-0.2, 0) is 13.0 Å². The number of hydrogen-bond acceptors (Lipinski definition) is 5. The zero-order valence-electron chi connectivity index (χ0n) is 21.3. The van der Waals surface area contributed by atoms with Crippen molar-refractivity contribution in [2.75, 3.05) is 31.0 Å². The number of ether oxygens (including phenoxy) is 2. The first-order valence-corrected chi connectivity index (χ1v) is 12.2. The third-order valence-corrected chi connectivity index (χ3v) is 6.61. The topological polar surface area (TPSA) is 79.9 Å². The Morgan fingerprint density at radius 3 is 2.44 bits per heavy atom. The van der Waals surface area contributed by atoms with E-state index in [-0.39, 0.29) is 17.9 Å². The maximum absolute atomic E-state index is 13.3. The summed E-state index contributed by atoms with van der Waals surface area (Å²) in [4.78, 5) is 28.6. The van der Waals surface area contributed by atoms with Crippen LogP contribution in [0.1, 0.15) is 52.1 Å². The smallest absolute Gasteiger partial charge is 0.259 e. The summed E-state index contributed by atoms with van der Waals surface area (Å²) in [7, 11) is 3.07. The molecule has 0 spiro atoms. The predicted octanol–water partition coefficient (Wildman–Crippen LogP) is 5.05. The van der Waals surface area contributed by atoms with Gasteiger partial charge in [-0.25, -0.2) is 0 Å². The Hall–Kier alpha value is -4.00. The third kappa shape index (κ3) is 5.46. The molecule has 3 aromatic rings. The van der Waals surface area contributed by atoms with Crippen LogP contribution >= 0.6 is 0 Å². The molecule has 1 heterocycles. The van der Waals surface area contributed by atoms with E-state index in [2.05, 4.69) is 33.7 Å². The molecule has 1 aliphatic heterocycles. The van der Waals surface area contributed by atoms with Crippen molar-refractivity contribution in [1.82, 2.24) is 5.32 Å². The molecule has 7 heteroatoms. The fraction of sp³-hybridized carbons (Fsp3) is 0.310. The molecule has 0 aliphatic carbocycles. The van der Waals surface area contributed by atoms with Gasteiger partial charge in [0, 0.05) is 36.6 Å². The molecule has 188 valence electrons. The predicted molar refractivity (Wildman–Crippen MR) is 142 cm³/mol. The Labute approximate surface area is 212 Å². The van der Waals surface area contributed by atoms with E-state index in [9.17, 15) is 9.59 Å². The molecule has 0 aromatic heterocycles. The number of amides is 2. The maximum Gasteiger partial charge on any atom is 0.259 e. The average Bonchev–Trinajstić information content (AvgIpc) is 2.92. The molecule has 1 atom stereocenters. The van der Waals surface area contributed by atoms with Crippen LogP contribution < -0.4 is 25.0 Å². The van der Waals surface area contributed by atoms with Crippen LogP contribution in [0.25, 0.3) is 0 Å². The number of rotatable bonds is 8. The summed E-state index contributed by atoms with van der Waals surface area (Å²) in [5, 5.41) is 6.00. The monoisotopic (exact) mass is 487 g/mol. The van der Waals surface area contributed by atoms with Crippen LogP contribution in [0.5, 0.6) is 11.5 Å². The van der Waals surface area contributed by atoms with Gasteiger partial charge in [-0.2, -0.15) is 0 Å². The first kappa shape index (κ1) is 25.1. The second-order valence-corrected chi connectivity index (χ2v) is 8.98. The lowest BCUT2D eigenvalue weighted by molar-refractivity contribution is 0.0938. The first-order valence-electron chi connectivity index (χ1n) is 12.2. The SMILES string of the molecule is CCC(C)NC(=O)c1cc(NC(=O)c2ccc(OC)cc2OC)ccc1N1CCc2ccccc2C1. The number of carbonyl (C=O) groups is 2. The quantitative estimate of drug-likeness (QED) is 0.465. The van der Waals surface area contributed by atoms with Crippen molar-refractivity contribution in [2.45, 2.75) is 39.3 Å². The zero-order valence-corrected chi connectivity index (χ0v) is 21.3. The van der Waals surface area contributed by atoms with E-state index >= 15 is 0 Å². The van der Waals surface area contributed by atoms with Crippen LogP contribution in [-0.4, -0.2) is 38.6 Å². The Morgan fingerprint density at radius 1 is 0.944 bits per heavy atom. The van der Waals surface area contributed by atoms with Crippen molar-refractivity contribution in [2.24, 2.45) is 0 Å². The van der Waals surface area contributed by atoms with E-state index in [1.54, 1.807) is 31.4 Å². The Bertz CT molecular complexity index is 1260. The lowest BCUT2D eigenvalue weighted by atomic mass is 9.98. The molecule has 1 unspecified atom stereocenters. The molecule has 7 nitrogen and oxygen atoms in total. The number of benzene rings is 3. The van der Waals surface area contributed by atoms with E-state index in [1.165, 1.54) is 18.2 Å². The van der Waals surface area contributed by atoms with Crippen molar-refractivity contribution >= 4 is 23.2 Å². The van der Waals surface area contributed by atoms with Crippen LogP contribution in [0.3, 0.4) is 0 Å². The molecule has 2 amide bonds. The molecule has 3 aromatic carbocycles. The maximum atomic E-state index is 13.3. The first-order chi connectivity index (χ1) is 17.4. The lowest BCUT2D eigenvalue weighted by Gasteiger charge is -2.32. The average molecular weight is 488 g/mol. The van der Waals surface area contributed by atoms with Gasteiger partial charge in [-0.05, 0) is 61.2 Å². The number of methoxy groups -OCH3 is 2. The second-order valence-electron chi connectivity index (χ2n) is 8.98. The van der Waals surface area contributed by atoms with Crippen molar-refractivity contribution in [3.63, 3.8) is 0 Å². The Balaban J connectivity index is 1.64. The highest BCUT2D eigenvalue weighted by atomic mass is 16.5. The summed E-state index contributed by atoms with van der Waals surface area (Å²) in [6.07, 6.45) is 1.74. The van der Waals surface area contributed by atoms with Gasteiger partial charge in [0.2, 0.25) is 0 Å². The number of anilines is 2. The van der Waals surface area contributed by atoms with Gasteiger partial charge in [0.05, 0.1) is 25.3 Å². The van der Waals surface area contributed by atoms with Gasteiger partial charge in [-0.1, -0.05) is 31.2 Å². The van der Waals surface area contributed by atoms with Gasteiger partial charge < -0.3 is 25.0 Å². The Morgan fingerprint density at radius 2 is 1.72 bits per heavy atom. The molecule has 0 radical (unpaired) electrons. The van der Waals surface area contributed by atoms with Crippen LogP contribution in [0.2, 0.25) is 0 Å². The van der Waals surface area contributed by atoms with E-state index in [0.29, 0.717) is 28.3 Å². The minimum atomic E-state index is -0.331. The molecule has 0 fully saturated rings. The van der Waals surface area contributed by atoms with Crippen LogP contribution in [0, 0.1) is 0 Å². The van der Waals surface area contributed by atoms with Crippen LogP contribution in [0.15, 0.2) is 60.7 Å². The minimum absolute atomic E-state index is 0.0363. The Kier molecular flexibility index (Phi) is 7.78. The molecular weight excluding hydrogens is 454 g/mol. The highest BCUT2D eigenvalue weighted by Gasteiger charge is 2.23.